The normalized spacial score (nSPS) is 19.2. The number of H-pyrrole nitrogens is 1. The van der Waals surface area contributed by atoms with E-state index in [2.05, 4.69) is 16.0 Å². The molecule has 0 radical (unpaired) electrons. The molecule has 30 heavy (non-hydrogen) atoms. The Labute approximate surface area is 179 Å². The fourth-order valence-corrected chi connectivity index (χ4v) is 6.22. The molecular formula is C23H27N3O3S. The first kappa shape index (κ1) is 19.6. The van der Waals surface area contributed by atoms with Gasteiger partial charge in [-0.25, -0.2) is 4.98 Å². The molecule has 2 aromatic heterocycles. The third-order valence-corrected chi connectivity index (χ3v) is 7.57. The van der Waals surface area contributed by atoms with Gasteiger partial charge in [-0.2, -0.15) is 0 Å². The van der Waals surface area contributed by atoms with E-state index in [-0.39, 0.29) is 11.6 Å². The molecule has 0 amide bonds. The summed E-state index contributed by atoms with van der Waals surface area (Å²) in [6.07, 6.45) is 6.60. The first-order valence-corrected chi connectivity index (χ1v) is 11.5. The quantitative estimate of drug-likeness (QED) is 0.663. The highest BCUT2D eigenvalue weighted by molar-refractivity contribution is 7.18. The number of ether oxygens (including phenoxy) is 2. The van der Waals surface area contributed by atoms with Gasteiger partial charge in [0.15, 0.2) is 0 Å². The van der Waals surface area contributed by atoms with E-state index in [9.17, 15) is 4.79 Å². The van der Waals surface area contributed by atoms with Crippen molar-refractivity contribution in [1.29, 1.82) is 0 Å². The topological polar surface area (TPSA) is 67.5 Å². The van der Waals surface area contributed by atoms with Crippen molar-refractivity contribution in [1.82, 2.24) is 14.9 Å². The van der Waals surface area contributed by atoms with Crippen LogP contribution in [0.2, 0.25) is 0 Å². The summed E-state index contributed by atoms with van der Waals surface area (Å²) < 4.78 is 11.1. The number of thiophene rings is 1. The van der Waals surface area contributed by atoms with Gasteiger partial charge in [0.2, 0.25) is 0 Å². The highest BCUT2D eigenvalue weighted by atomic mass is 32.1. The zero-order valence-corrected chi connectivity index (χ0v) is 18.3. The Bertz CT molecular complexity index is 1140. The Balaban J connectivity index is 1.47. The Morgan fingerprint density at radius 2 is 2.07 bits per heavy atom. The molecule has 6 nitrogen and oxygen atoms in total. The van der Waals surface area contributed by atoms with E-state index >= 15 is 0 Å². The number of likely N-dealkylation sites (tertiary alicyclic amines) is 1. The van der Waals surface area contributed by atoms with Crippen LogP contribution in [0.4, 0.5) is 0 Å². The van der Waals surface area contributed by atoms with E-state index in [0.29, 0.717) is 6.54 Å². The lowest BCUT2D eigenvalue weighted by molar-refractivity contribution is 0.236. The van der Waals surface area contributed by atoms with Crippen molar-refractivity contribution in [3.63, 3.8) is 0 Å². The molecule has 1 aromatic carbocycles. The van der Waals surface area contributed by atoms with Gasteiger partial charge in [-0.3, -0.25) is 9.69 Å². The molecule has 1 atom stereocenters. The van der Waals surface area contributed by atoms with Crippen LogP contribution < -0.4 is 15.0 Å². The van der Waals surface area contributed by atoms with Crippen LogP contribution in [0.3, 0.4) is 0 Å². The Morgan fingerprint density at radius 3 is 2.90 bits per heavy atom. The van der Waals surface area contributed by atoms with Crippen LogP contribution in [0, 0.1) is 0 Å². The zero-order chi connectivity index (χ0) is 20.7. The van der Waals surface area contributed by atoms with Crippen LogP contribution in [0.1, 0.15) is 53.6 Å². The van der Waals surface area contributed by atoms with Crippen molar-refractivity contribution in [2.24, 2.45) is 0 Å². The van der Waals surface area contributed by atoms with Gasteiger partial charge in [-0.15, -0.1) is 11.3 Å². The molecule has 0 saturated carbocycles. The lowest BCUT2D eigenvalue weighted by atomic mass is 9.97. The number of aryl methyl sites for hydroxylation is 2. The summed E-state index contributed by atoms with van der Waals surface area (Å²) in [4.78, 5) is 25.5. The van der Waals surface area contributed by atoms with Crippen LogP contribution >= 0.6 is 11.3 Å². The second-order valence-electron chi connectivity index (χ2n) is 8.14. The van der Waals surface area contributed by atoms with E-state index < -0.39 is 0 Å². The van der Waals surface area contributed by atoms with Gasteiger partial charge in [-0.1, -0.05) is 0 Å². The second kappa shape index (κ2) is 8.04. The first-order chi connectivity index (χ1) is 14.7. The summed E-state index contributed by atoms with van der Waals surface area (Å²) >= 11 is 1.71. The molecule has 3 heterocycles. The minimum atomic E-state index is 0.0177. The summed E-state index contributed by atoms with van der Waals surface area (Å²) in [5.41, 5.74) is 2.38. The maximum atomic E-state index is 12.9. The maximum Gasteiger partial charge on any atom is 0.259 e. The SMILES string of the molecule is COc1ccc(OC)c([C@H]2CCCN2Cc2nc3sc4c(c3c(=O)[nH]2)CCCC4)c1. The summed E-state index contributed by atoms with van der Waals surface area (Å²) in [6.45, 7) is 1.59. The smallest absolute Gasteiger partial charge is 0.259 e. The van der Waals surface area contributed by atoms with Gasteiger partial charge >= 0.3 is 0 Å². The molecule has 1 saturated heterocycles. The predicted octanol–water partition coefficient (Wildman–Crippen LogP) is 4.22. The first-order valence-electron chi connectivity index (χ1n) is 10.7. The van der Waals surface area contributed by atoms with Crippen molar-refractivity contribution >= 4 is 21.6 Å². The summed E-state index contributed by atoms with van der Waals surface area (Å²) in [5, 5.41) is 0.825. The molecule has 0 unspecified atom stereocenters. The summed E-state index contributed by atoms with van der Waals surface area (Å²) in [7, 11) is 3.39. The summed E-state index contributed by atoms with van der Waals surface area (Å²) in [6, 6.07) is 6.17. The largest absolute Gasteiger partial charge is 0.497 e. The Hall–Kier alpha value is -2.38. The van der Waals surface area contributed by atoms with Crippen molar-refractivity contribution in [2.75, 3.05) is 20.8 Å². The van der Waals surface area contributed by atoms with Crippen molar-refractivity contribution in [2.45, 2.75) is 51.1 Å². The molecule has 0 bridgehead atoms. The van der Waals surface area contributed by atoms with Crippen molar-refractivity contribution < 1.29 is 9.47 Å². The summed E-state index contributed by atoms with van der Waals surface area (Å²) in [5.74, 6) is 2.45. The standard InChI is InChI=1S/C23H27N3O3S/c1-28-14-9-10-18(29-2)16(12-14)17-7-5-11-26(17)13-20-24-22(27)21-15-6-3-4-8-19(15)30-23(21)25-20/h9-10,12,17H,3-8,11,13H2,1-2H3,(H,24,25,27)/t17-/m1/s1. The number of hydrogen-bond donors (Lipinski definition) is 1. The fraction of sp³-hybridized carbons (Fsp3) is 0.478. The molecule has 2 aliphatic rings. The average molecular weight is 426 g/mol. The number of nitrogens with zero attached hydrogens (tertiary/aromatic N) is 2. The second-order valence-corrected chi connectivity index (χ2v) is 9.22. The monoisotopic (exact) mass is 425 g/mol. The highest BCUT2D eigenvalue weighted by Gasteiger charge is 2.30. The van der Waals surface area contributed by atoms with Crippen LogP contribution in [-0.4, -0.2) is 35.6 Å². The minimum Gasteiger partial charge on any atom is -0.497 e. The van der Waals surface area contributed by atoms with Crippen LogP contribution in [0.15, 0.2) is 23.0 Å². The van der Waals surface area contributed by atoms with E-state index in [4.69, 9.17) is 14.5 Å². The number of aromatic nitrogens is 2. The predicted molar refractivity (Wildman–Crippen MR) is 119 cm³/mol. The molecule has 1 N–H and O–H groups in total. The minimum absolute atomic E-state index is 0.0177. The number of nitrogens with one attached hydrogen (secondary N) is 1. The lowest BCUT2D eigenvalue weighted by Gasteiger charge is -2.26. The van der Waals surface area contributed by atoms with E-state index in [1.54, 1.807) is 25.6 Å². The third-order valence-electron chi connectivity index (χ3n) is 6.39. The molecule has 1 aliphatic carbocycles. The molecule has 3 aromatic rings. The van der Waals surface area contributed by atoms with Gasteiger partial charge in [0.1, 0.15) is 22.2 Å². The molecule has 1 aliphatic heterocycles. The van der Waals surface area contributed by atoms with Crippen LogP contribution in [0.25, 0.3) is 10.2 Å². The van der Waals surface area contributed by atoms with Gasteiger partial charge in [-0.05, 0) is 68.8 Å². The number of rotatable bonds is 5. The van der Waals surface area contributed by atoms with Crippen molar-refractivity contribution in [3.8, 4) is 11.5 Å². The van der Waals surface area contributed by atoms with E-state index in [0.717, 1.165) is 71.8 Å². The number of hydrogen-bond acceptors (Lipinski definition) is 6. The molecular weight excluding hydrogens is 398 g/mol. The third kappa shape index (κ3) is 3.40. The van der Waals surface area contributed by atoms with Gasteiger partial charge in [0.25, 0.3) is 5.56 Å². The van der Waals surface area contributed by atoms with Gasteiger partial charge < -0.3 is 14.5 Å². The average Bonchev–Trinajstić information content (AvgIpc) is 3.37. The highest BCUT2D eigenvalue weighted by Crippen LogP contribution is 2.39. The fourth-order valence-electron chi connectivity index (χ4n) is 4.94. The van der Waals surface area contributed by atoms with E-state index in [1.807, 2.05) is 12.1 Å². The van der Waals surface area contributed by atoms with Crippen LogP contribution in [0.5, 0.6) is 11.5 Å². The molecule has 7 heteroatoms. The zero-order valence-electron chi connectivity index (χ0n) is 17.5. The number of benzene rings is 1. The number of methoxy groups -OCH3 is 2. The molecule has 5 rings (SSSR count). The van der Waals surface area contributed by atoms with Crippen molar-refractivity contribution in [3.05, 3.63) is 50.4 Å². The van der Waals surface area contributed by atoms with Crippen LogP contribution in [-0.2, 0) is 19.4 Å². The van der Waals surface area contributed by atoms with E-state index in [1.165, 1.54) is 16.9 Å². The molecule has 0 spiro atoms. The number of fused-ring (bicyclic) bond motifs is 3. The maximum absolute atomic E-state index is 12.9. The Morgan fingerprint density at radius 1 is 1.20 bits per heavy atom. The number of aromatic amines is 1. The molecule has 158 valence electrons. The molecule has 1 fully saturated rings. The lowest BCUT2D eigenvalue weighted by Crippen LogP contribution is -2.26. The van der Waals surface area contributed by atoms with Gasteiger partial charge in [0, 0.05) is 16.5 Å². The Kier molecular flexibility index (Phi) is 5.25. The van der Waals surface area contributed by atoms with Gasteiger partial charge in [0.05, 0.1) is 26.2 Å².